The van der Waals surface area contributed by atoms with Crippen molar-refractivity contribution in [3.8, 4) is 5.69 Å². The number of halogens is 3. The van der Waals surface area contributed by atoms with Gasteiger partial charge in [0.25, 0.3) is 5.91 Å². The van der Waals surface area contributed by atoms with Gasteiger partial charge in [0.15, 0.2) is 5.84 Å². The molecule has 0 radical (unpaired) electrons. The maximum Gasteiger partial charge on any atom is 0.416 e. The average Bonchev–Trinajstić information content (AvgIpc) is 3.50. The van der Waals surface area contributed by atoms with Crippen LogP contribution in [0.3, 0.4) is 0 Å². The van der Waals surface area contributed by atoms with E-state index in [0.29, 0.717) is 32.9 Å². The van der Waals surface area contributed by atoms with Gasteiger partial charge in [0.05, 0.1) is 16.0 Å². The van der Waals surface area contributed by atoms with Crippen LogP contribution in [0.15, 0.2) is 63.5 Å². The van der Waals surface area contributed by atoms with Crippen molar-refractivity contribution in [3.63, 3.8) is 0 Å². The van der Waals surface area contributed by atoms with Gasteiger partial charge in [-0.3, -0.25) is 10.2 Å². The Morgan fingerprint density at radius 1 is 1.12 bits per heavy atom. The maximum atomic E-state index is 13.2. The number of rotatable bonds is 3. The number of aromatic nitrogens is 1. The molecule has 0 saturated carbocycles. The summed E-state index contributed by atoms with van der Waals surface area (Å²) in [4.78, 5) is 17.8. The van der Waals surface area contributed by atoms with Crippen molar-refractivity contribution in [1.82, 2.24) is 9.58 Å². The lowest BCUT2D eigenvalue weighted by Crippen LogP contribution is -2.35. The Bertz CT molecular complexity index is 1430. The third-order valence-corrected chi connectivity index (χ3v) is 7.34. The third-order valence-electron chi connectivity index (χ3n) is 5.39. The first-order chi connectivity index (χ1) is 16.1. The van der Waals surface area contributed by atoms with Gasteiger partial charge in [-0.1, -0.05) is 12.1 Å². The molecule has 0 atom stereocenters. The number of amidine groups is 2. The molecule has 1 N–H and O–H groups in total. The number of thioether (sulfide) groups is 1. The topological polar surface area (TPSA) is 73.8 Å². The quantitative estimate of drug-likeness (QED) is 0.460. The van der Waals surface area contributed by atoms with Gasteiger partial charge in [-0.2, -0.15) is 28.3 Å². The largest absolute Gasteiger partial charge is 0.416 e. The Hall–Kier alpha value is -3.44. The lowest BCUT2D eigenvalue weighted by atomic mass is 10.1. The number of hydrogen-bond acceptors (Lipinski definition) is 5. The highest BCUT2D eigenvalue weighted by Gasteiger charge is 2.36. The van der Waals surface area contributed by atoms with Crippen molar-refractivity contribution in [1.29, 1.82) is 5.41 Å². The number of hydrogen-bond donors (Lipinski definition) is 1. The van der Waals surface area contributed by atoms with Crippen molar-refractivity contribution in [3.05, 3.63) is 80.8 Å². The van der Waals surface area contributed by atoms with Gasteiger partial charge in [0.2, 0.25) is 5.17 Å². The number of carbonyl (C=O) groups excluding carboxylic acids is 1. The number of aryl methyl sites for hydroxylation is 1. The molecule has 5 rings (SSSR count). The molecule has 2 aliphatic rings. The summed E-state index contributed by atoms with van der Waals surface area (Å²) in [5.74, 6) is -0.659. The second-order valence-corrected chi connectivity index (χ2v) is 9.52. The Labute approximate surface area is 200 Å². The van der Waals surface area contributed by atoms with Gasteiger partial charge < -0.3 is 4.57 Å². The van der Waals surface area contributed by atoms with E-state index in [0.717, 1.165) is 17.0 Å². The lowest BCUT2D eigenvalue weighted by Gasteiger charge is -2.20. The van der Waals surface area contributed by atoms with Crippen LogP contribution in [-0.2, 0) is 11.0 Å². The molecule has 172 valence electrons. The van der Waals surface area contributed by atoms with Gasteiger partial charge >= 0.3 is 6.18 Å². The molecule has 34 heavy (non-hydrogen) atoms. The zero-order chi connectivity index (χ0) is 24.2. The lowest BCUT2D eigenvalue weighted by molar-refractivity contribution is -0.137. The molecule has 0 unspecified atom stereocenters. The van der Waals surface area contributed by atoms with E-state index < -0.39 is 17.6 Å². The molecule has 11 heteroatoms. The molecule has 0 saturated heterocycles. The first kappa shape index (κ1) is 22.4. The zero-order valence-electron chi connectivity index (χ0n) is 17.8. The average molecular weight is 500 g/mol. The molecule has 2 aliphatic heterocycles. The molecule has 0 bridgehead atoms. The van der Waals surface area contributed by atoms with E-state index in [9.17, 15) is 18.0 Å². The fourth-order valence-corrected chi connectivity index (χ4v) is 5.48. The molecule has 1 aromatic carbocycles. The van der Waals surface area contributed by atoms with E-state index in [4.69, 9.17) is 5.41 Å². The number of fused-ring (bicyclic) bond motifs is 1. The third kappa shape index (κ3) is 3.80. The van der Waals surface area contributed by atoms with Crippen LogP contribution in [0.25, 0.3) is 11.8 Å². The van der Waals surface area contributed by atoms with Crippen LogP contribution in [-0.4, -0.2) is 31.5 Å². The minimum atomic E-state index is -4.45. The molecule has 0 aliphatic carbocycles. The first-order valence-corrected chi connectivity index (χ1v) is 11.7. The Morgan fingerprint density at radius 3 is 2.62 bits per heavy atom. The second-order valence-electron chi connectivity index (χ2n) is 7.61. The van der Waals surface area contributed by atoms with Crippen molar-refractivity contribution < 1.29 is 18.0 Å². The standard InChI is InChI=1S/C23H16F3N5OS2/c1-12-9-14(13(2)30(12)16-6-3-5-15(11-16)23(24,25)26)10-17-19(27)31-22(28-20(17)32)34-21(29-31)18-7-4-8-33-18/h3-11,27H,1-2H3/b17-10+,27-19?. The molecule has 0 spiro atoms. The fourth-order valence-electron chi connectivity index (χ4n) is 3.80. The van der Waals surface area contributed by atoms with E-state index >= 15 is 0 Å². The SMILES string of the molecule is Cc1cc(/C=C2\C(=N)N3N=C(c4cccs4)SC3=NC2=O)c(C)n1-c1cccc(C(F)(F)F)c1. The summed E-state index contributed by atoms with van der Waals surface area (Å²) >= 11 is 2.73. The van der Waals surface area contributed by atoms with E-state index in [1.807, 2.05) is 17.5 Å². The summed E-state index contributed by atoms with van der Waals surface area (Å²) in [6.45, 7) is 3.53. The summed E-state index contributed by atoms with van der Waals surface area (Å²) in [5.41, 5.74) is 1.62. The molecule has 2 aromatic heterocycles. The smallest absolute Gasteiger partial charge is 0.318 e. The van der Waals surface area contributed by atoms with Crippen LogP contribution in [0.4, 0.5) is 13.2 Å². The van der Waals surface area contributed by atoms with E-state index in [1.165, 1.54) is 34.2 Å². The Balaban J connectivity index is 1.52. The first-order valence-electron chi connectivity index (χ1n) is 10.0. The minimum Gasteiger partial charge on any atom is -0.318 e. The van der Waals surface area contributed by atoms with Crippen LogP contribution in [0.2, 0.25) is 0 Å². The Morgan fingerprint density at radius 2 is 1.91 bits per heavy atom. The number of thiophene rings is 1. The highest BCUT2D eigenvalue weighted by molar-refractivity contribution is 8.27. The Kier molecular flexibility index (Phi) is 5.33. The van der Waals surface area contributed by atoms with E-state index in [-0.39, 0.29) is 11.4 Å². The number of hydrazone groups is 1. The molecular weight excluding hydrogens is 483 g/mol. The second kappa shape index (κ2) is 8.10. The monoisotopic (exact) mass is 499 g/mol. The highest BCUT2D eigenvalue weighted by atomic mass is 32.2. The predicted octanol–water partition coefficient (Wildman–Crippen LogP) is 5.84. The summed E-state index contributed by atoms with van der Waals surface area (Å²) in [6, 6.07) is 10.6. The van der Waals surface area contributed by atoms with Crippen LogP contribution >= 0.6 is 23.1 Å². The summed E-state index contributed by atoms with van der Waals surface area (Å²) in [5, 5.41) is 17.3. The van der Waals surface area contributed by atoms with E-state index in [2.05, 4.69) is 10.1 Å². The summed E-state index contributed by atoms with van der Waals surface area (Å²) < 4.78 is 41.3. The molecule has 1 amide bonds. The predicted molar refractivity (Wildman–Crippen MR) is 129 cm³/mol. The van der Waals surface area contributed by atoms with Gasteiger partial charge in [0, 0.05) is 17.1 Å². The number of amides is 1. The molecule has 6 nitrogen and oxygen atoms in total. The zero-order valence-corrected chi connectivity index (χ0v) is 19.5. The summed E-state index contributed by atoms with van der Waals surface area (Å²) in [6.07, 6.45) is -2.91. The normalized spacial score (nSPS) is 17.3. The number of carbonyl (C=O) groups is 1. The van der Waals surface area contributed by atoms with Gasteiger partial charge in [0.1, 0.15) is 5.04 Å². The number of nitrogens with one attached hydrogen (secondary N) is 1. The molecule has 4 heterocycles. The van der Waals surface area contributed by atoms with Crippen molar-refractivity contribution in [2.75, 3.05) is 0 Å². The van der Waals surface area contributed by atoms with Crippen molar-refractivity contribution in [2.45, 2.75) is 20.0 Å². The number of aliphatic imine (C=N–C) groups is 1. The number of alkyl halides is 3. The van der Waals surface area contributed by atoms with Crippen LogP contribution < -0.4 is 0 Å². The fraction of sp³-hybridized carbons (Fsp3) is 0.130. The van der Waals surface area contributed by atoms with Gasteiger partial charge in [-0.05, 0) is 73.0 Å². The highest BCUT2D eigenvalue weighted by Crippen LogP contribution is 2.34. The molecule has 3 aromatic rings. The van der Waals surface area contributed by atoms with Crippen molar-refractivity contribution in [2.24, 2.45) is 10.1 Å². The van der Waals surface area contributed by atoms with Crippen LogP contribution in [0.5, 0.6) is 0 Å². The maximum absolute atomic E-state index is 13.2. The van der Waals surface area contributed by atoms with Gasteiger partial charge in [-0.15, -0.1) is 11.3 Å². The van der Waals surface area contributed by atoms with Crippen LogP contribution in [0, 0.1) is 19.3 Å². The number of nitrogens with zero attached hydrogens (tertiary/aromatic N) is 4. The van der Waals surface area contributed by atoms with Crippen molar-refractivity contribution >= 4 is 51.1 Å². The van der Waals surface area contributed by atoms with Crippen LogP contribution in [0.1, 0.15) is 27.4 Å². The number of benzene rings is 1. The minimum absolute atomic E-state index is 0.0600. The van der Waals surface area contributed by atoms with Gasteiger partial charge in [-0.25, -0.2) is 0 Å². The molecule has 0 fully saturated rings. The van der Waals surface area contributed by atoms with E-state index in [1.54, 1.807) is 36.6 Å². The molecular formula is C23H16F3N5OS2. The summed E-state index contributed by atoms with van der Waals surface area (Å²) in [7, 11) is 0.